The van der Waals surface area contributed by atoms with Gasteiger partial charge in [0.05, 0.1) is 23.3 Å². The Hall–Kier alpha value is -1.07. The third kappa shape index (κ3) is 2.81. The van der Waals surface area contributed by atoms with E-state index in [4.69, 9.17) is 4.74 Å². The van der Waals surface area contributed by atoms with Crippen LogP contribution in [0.1, 0.15) is 23.6 Å². The molecule has 1 N–H and O–H groups in total. The molecule has 1 aliphatic rings. The van der Waals surface area contributed by atoms with E-state index in [2.05, 4.69) is 37.2 Å². The SMILES string of the molecule is COc1cc(NC2CCc3c(F)cccc32)c(Br)cc1Br. The van der Waals surface area contributed by atoms with Gasteiger partial charge < -0.3 is 10.1 Å². The number of benzene rings is 2. The van der Waals surface area contributed by atoms with Crippen molar-refractivity contribution < 1.29 is 9.13 Å². The van der Waals surface area contributed by atoms with Crippen molar-refractivity contribution in [2.24, 2.45) is 0 Å². The van der Waals surface area contributed by atoms with E-state index in [0.29, 0.717) is 0 Å². The van der Waals surface area contributed by atoms with Crippen LogP contribution in [0.3, 0.4) is 0 Å². The van der Waals surface area contributed by atoms with Crippen molar-refractivity contribution in [3.8, 4) is 5.75 Å². The summed E-state index contributed by atoms with van der Waals surface area (Å²) in [4.78, 5) is 0. The summed E-state index contributed by atoms with van der Waals surface area (Å²) < 4.78 is 21.0. The van der Waals surface area contributed by atoms with Gasteiger partial charge in [0.2, 0.25) is 0 Å². The van der Waals surface area contributed by atoms with Crippen LogP contribution >= 0.6 is 31.9 Å². The molecule has 0 aromatic heterocycles. The van der Waals surface area contributed by atoms with Gasteiger partial charge in [0.25, 0.3) is 0 Å². The van der Waals surface area contributed by atoms with Crippen LogP contribution in [0, 0.1) is 5.82 Å². The summed E-state index contributed by atoms with van der Waals surface area (Å²) in [6.45, 7) is 0. The molecule has 0 heterocycles. The Labute approximate surface area is 140 Å². The van der Waals surface area contributed by atoms with Gasteiger partial charge in [-0.2, -0.15) is 0 Å². The molecule has 0 fully saturated rings. The van der Waals surface area contributed by atoms with Crippen LogP contribution in [0.25, 0.3) is 0 Å². The van der Waals surface area contributed by atoms with Crippen LogP contribution in [0.15, 0.2) is 39.3 Å². The van der Waals surface area contributed by atoms with Crippen molar-refractivity contribution in [3.63, 3.8) is 0 Å². The van der Waals surface area contributed by atoms with E-state index in [0.717, 1.165) is 44.4 Å². The number of hydrogen-bond donors (Lipinski definition) is 1. The van der Waals surface area contributed by atoms with E-state index < -0.39 is 0 Å². The summed E-state index contributed by atoms with van der Waals surface area (Å²) in [5, 5.41) is 3.48. The summed E-state index contributed by atoms with van der Waals surface area (Å²) in [6.07, 6.45) is 1.66. The Morgan fingerprint density at radius 3 is 2.81 bits per heavy atom. The first kappa shape index (κ1) is 14.9. The number of rotatable bonds is 3. The lowest BCUT2D eigenvalue weighted by atomic mass is 10.1. The summed E-state index contributed by atoms with van der Waals surface area (Å²) >= 11 is 7.01. The molecule has 2 aromatic rings. The van der Waals surface area contributed by atoms with Gasteiger partial charge in [0, 0.05) is 10.5 Å². The zero-order valence-corrected chi connectivity index (χ0v) is 14.6. The molecule has 0 saturated carbocycles. The van der Waals surface area contributed by atoms with Crippen LogP contribution in [0.5, 0.6) is 5.75 Å². The molecule has 0 spiro atoms. The summed E-state index contributed by atoms with van der Waals surface area (Å²) in [5.74, 6) is 0.655. The first-order valence-corrected chi connectivity index (χ1v) is 8.25. The molecule has 1 unspecified atom stereocenters. The Morgan fingerprint density at radius 2 is 2.05 bits per heavy atom. The molecule has 0 bridgehead atoms. The lowest BCUT2D eigenvalue weighted by Crippen LogP contribution is -2.08. The average molecular weight is 415 g/mol. The van der Waals surface area contributed by atoms with E-state index in [1.165, 1.54) is 6.07 Å². The van der Waals surface area contributed by atoms with E-state index >= 15 is 0 Å². The zero-order valence-electron chi connectivity index (χ0n) is 11.4. The highest BCUT2D eigenvalue weighted by molar-refractivity contribution is 9.11. The second kappa shape index (κ2) is 5.97. The van der Waals surface area contributed by atoms with Gasteiger partial charge in [0.1, 0.15) is 11.6 Å². The van der Waals surface area contributed by atoms with Crippen LogP contribution in [0.4, 0.5) is 10.1 Å². The molecule has 2 aromatic carbocycles. The van der Waals surface area contributed by atoms with Gasteiger partial charge in [-0.1, -0.05) is 12.1 Å². The minimum Gasteiger partial charge on any atom is -0.495 e. The van der Waals surface area contributed by atoms with E-state index in [9.17, 15) is 4.39 Å². The fourth-order valence-electron chi connectivity index (χ4n) is 2.74. The maximum absolute atomic E-state index is 13.8. The standard InChI is InChI=1S/C16H14Br2FNO/c1-21-16-8-15(11(17)7-12(16)18)20-14-6-5-9-10(14)3-2-4-13(9)19/h2-4,7-8,14,20H,5-6H2,1H3. The largest absolute Gasteiger partial charge is 0.495 e. The fraction of sp³-hybridized carbons (Fsp3) is 0.250. The van der Waals surface area contributed by atoms with Gasteiger partial charge >= 0.3 is 0 Å². The third-order valence-electron chi connectivity index (χ3n) is 3.78. The molecule has 110 valence electrons. The van der Waals surface area contributed by atoms with Crippen molar-refractivity contribution >= 4 is 37.5 Å². The van der Waals surface area contributed by atoms with Crippen molar-refractivity contribution in [3.05, 3.63) is 56.2 Å². The predicted molar refractivity (Wildman–Crippen MR) is 89.5 cm³/mol. The number of methoxy groups -OCH3 is 1. The quantitative estimate of drug-likeness (QED) is 0.719. The third-order valence-corrected chi connectivity index (χ3v) is 5.06. The number of nitrogens with one attached hydrogen (secondary N) is 1. The molecule has 21 heavy (non-hydrogen) atoms. The molecule has 3 rings (SSSR count). The van der Waals surface area contributed by atoms with Crippen LogP contribution in [-0.4, -0.2) is 7.11 Å². The number of fused-ring (bicyclic) bond motifs is 1. The second-order valence-electron chi connectivity index (χ2n) is 5.01. The van der Waals surface area contributed by atoms with Gasteiger partial charge in [-0.3, -0.25) is 0 Å². The minimum atomic E-state index is -0.107. The zero-order chi connectivity index (χ0) is 15.0. The molecule has 1 aliphatic carbocycles. The normalized spacial score (nSPS) is 16.7. The maximum atomic E-state index is 13.8. The lowest BCUT2D eigenvalue weighted by molar-refractivity contribution is 0.412. The minimum absolute atomic E-state index is 0.107. The highest BCUT2D eigenvalue weighted by Gasteiger charge is 2.25. The van der Waals surface area contributed by atoms with Gasteiger partial charge in [-0.25, -0.2) is 4.39 Å². The molecule has 2 nitrogen and oxygen atoms in total. The molecule has 0 aliphatic heterocycles. The van der Waals surface area contributed by atoms with Gasteiger partial charge in [-0.05, 0) is 68.0 Å². The van der Waals surface area contributed by atoms with Crippen molar-refractivity contribution in [1.29, 1.82) is 0 Å². The Kier molecular flexibility index (Phi) is 4.22. The highest BCUT2D eigenvalue weighted by atomic mass is 79.9. The summed E-state index contributed by atoms with van der Waals surface area (Å²) in [6, 6.07) is 9.30. The summed E-state index contributed by atoms with van der Waals surface area (Å²) in [7, 11) is 1.64. The number of halogens is 3. The predicted octanol–water partition coefficient (Wildman–Crippen LogP) is 5.46. The Morgan fingerprint density at radius 1 is 1.24 bits per heavy atom. The molecule has 5 heteroatoms. The molecular formula is C16H14Br2FNO. The number of hydrogen-bond acceptors (Lipinski definition) is 2. The van der Waals surface area contributed by atoms with Gasteiger partial charge in [-0.15, -0.1) is 0 Å². The van der Waals surface area contributed by atoms with E-state index in [-0.39, 0.29) is 11.9 Å². The highest BCUT2D eigenvalue weighted by Crippen LogP contribution is 2.39. The van der Waals surface area contributed by atoms with Crippen LogP contribution in [-0.2, 0) is 6.42 Å². The van der Waals surface area contributed by atoms with E-state index in [1.807, 2.05) is 18.2 Å². The molecule has 0 amide bonds. The molecule has 0 saturated heterocycles. The lowest BCUT2D eigenvalue weighted by Gasteiger charge is -2.18. The van der Waals surface area contributed by atoms with Gasteiger partial charge in [0.15, 0.2) is 0 Å². The molecule has 1 atom stereocenters. The fourth-order valence-corrected chi connectivity index (χ4v) is 4.01. The topological polar surface area (TPSA) is 21.3 Å². The smallest absolute Gasteiger partial charge is 0.135 e. The average Bonchev–Trinajstić information content (AvgIpc) is 2.86. The number of anilines is 1. The Balaban J connectivity index is 1.91. The molecular weight excluding hydrogens is 401 g/mol. The monoisotopic (exact) mass is 413 g/mol. The van der Waals surface area contributed by atoms with Crippen molar-refractivity contribution in [2.75, 3.05) is 12.4 Å². The van der Waals surface area contributed by atoms with Crippen molar-refractivity contribution in [2.45, 2.75) is 18.9 Å². The van der Waals surface area contributed by atoms with E-state index in [1.54, 1.807) is 13.2 Å². The second-order valence-corrected chi connectivity index (χ2v) is 6.72. The van der Waals surface area contributed by atoms with Crippen LogP contribution in [0.2, 0.25) is 0 Å². The Bertz CT molecular complexity index is 690. The summed E-state index contributed by atoms with van der Waals surface area (Å²) in [5.41, 5.74) is 2.82. The first-order valence-electron chi connectivity index (χ1n) is 6.67. The maximum Gasteiger partial charge on any atom is 0.135 e. The first-order chi connectivity index (χ1) is 10.1. The number of ether oxygens (including phenoxy) is 1. The van der Waals surface area contributed by atoms with Crippen LogP contribution < -0.4 is 10.1 Å². The molecule has 0 radical (unpaired) electrons. The van der Waals surface area contributed by atoms with Crippen molar-refractivity contribution in [1.82, 2.24) is 0 Å².